The van der Waals surface area contributed by atoms with Gasteiger partial charge < -0.3 is 5.73 Å². The summed E-state index contributed by atoms with van der Waals surface area (Å²) in [5.74, 6) is 0. The summed E-state index contributed by atoms with van der Waals surface area (Å²) in [6, 6.07) is 0.0293. The Morgan fingerprint density at radius 1 is 1.77 bits per heavy atom. The number of aromatic nitrogens is 3. The van der Waals surface area contributed by atoms with Crippen LogP contribution in [-0.4, -0.2) is 26.7 Å². The Labute approximate surface area is 75.9 Å². The smallest absolute Gasteiger partial charge is 0.119 e. The number of nitrogens with zero attached hydrogens (tertiary/aromatic N) is 3. The quantitative estimate of drug-likeness (QED) is 0.713. The average Bonchev–Trinajstić information content (AvgIpc) is 2.32. The molecule has 0 saturated heterocycles. The highest BCUT2D eigenvalue weighted by atomic mass is 19.1. The topological polar surface area (TPSA) is 56.7 Å². The molecule has 4 nitrogen and oxygen atoms in total. The van der Waals surface area contributed by atoms with Crippen LogP contribution in [0.1, 0.15) is 18.5 Å². The van der Waals surface area contributed by atoms with Gasteiger partial charge in [-0.3, -0.25) is 4.68 Å². The Hall–Kier alpha value is -0.970. The summed E-state index contributed by atoms with van der Waals surface area (Å²) >= 11 is 0. The summed E-state index contributed by atoms with van der Waals surface area (Å²) in [6.07, 6.45) is 2.98. The molecule has 0 amide bonds. The van der Waals surface area contributed by atoms with Crippen molar-refractivity contribution in [3.05, 3.63) is 11.9 Å². The first kappa shape index (κ1) is 8.62. The third kappa shape index (κ3) is 1.70. The van der Waals surface area contributed by atoms with Crippen LogP contribution in [0.2, 0.25) is 0 Å². The third-order valence-corrected chi connectivity index (χ3v) is 2.40. The molecule has 1 aromatic heterocycles. The zero-order chi connectivity index (χ0) is 9.47. The zero-order valence-corrected chi connectivity index (χ0v) is 7.57. The van der Waals surface area contributed by atoms with Crippen LogP contribution >= 0.6 is 0 Å². The van der Waals surface area contributed by atoms with Gasteiger partial charge in [-0.1, -0.05) is 5.21 Å². The van der Waals surface area contributed by atoms with E-state index in [1.807, 2.05) is 0 Å². The van der Waals surface area contributed by atoms with Crippen molar-refractivity contribution in [2.75, 3.05) is 0 Å². The number of hydrogen-bond donors (Lipinski definition) is 1. The first-order valence-corrected chi connectivity index (χ1v) is 4.37. The first-order chi connectivity index (χ1) is 6.07. The van der Waals surface area contributed by atoms with Gasteiger partial charge in [0.25, 0.3) is 0 Å². The average molecular weight is 184 g/mol. The lowest BCUT2D eigenvalue weighted by Gasteiger charge is -2.38. The van der Waals surface area contributed by atoms with Crippen molar-refractivity contribution in [1.82, 2.24) is 15.0 Å². The molecule has 0 atom stereocenters. The molecule has 0 unspecified atom stereocenters. The predicted octanol–water partition coefficient (Wildman–Crippen LogP) is 0.187. The van der Waals surface area contributed by atoms with Crippen molar-refractivity contribution < 1.29 is 4.39 Å². The van der Waals surface area contributed by atoms with Crippen LogP contribution in [0.4, 0.5) is 4.39 Å². The molecular formula is C8H13FN4. The molecule has 0 bridgehead atoms. The fourth-order valence-corrected chi connectivity index (χ4v) is 1.83. The molecule has 1 aliphatic rings. The molecule has 0 aliphatic heterocycles. The van der Waals surface area contributed by atoms with E-state index in [0.29, 0.717) is 25.0 Å². The molecule has 5 heteroatoms. The number of rotatable bonds is 2. The fourth-order valence-electron chi connectivity index (χ4n) is 1.83. The number of hydrogen-bond acceptors (Lipinski definition) is 3. The largest absolute Gasteiger partial charge is 0.327 e. The molecule has 1 saturated carbocycles. The van der Waals surface area contributed by atoms with Crippen LogP contribution in [0.3, 0.4) is 0 Å². The monoisotopic (exact) mass is 184 g/mol. The van der Waals surface area contributed by atoms with Crippen LogP contribution in [-0.2, 0) is 13.5 Å². The van der Waals surface area contributed by atoms with Crippen LogP contribution in [0.15, 0.2) is 6.20 Å². The Balaban J connectivity index is 1.99. The van der Waals surface area contributed by atoms with Gasteiger partial charge in [0.2, 0.25) is 0 Å². The molecule has 1 heterocycles. The second-order valence-corrected chi connectivity index (χ2v) is 3.88. The van der Waals surface area contributed by atoms with Crippen LogP contribution in [0.5, 0.6) is 0 Å². The maximum absolute atomic E-state index is 13.7. The predicted molar refractivity (Wildman–Crippen MR) is 45.8 cm³/mol. The van der Waals surface area contributed by atoms with E-state index in [1.54, 1.807) is 17.9 Å². The summed E-state index contributed by atoms with van der Waals surface area (Å²) < 4.78 is 15.3. The lowest BCUT2D eigenvalue weighted by atomic mass is 9.75. The Bertz CT molecular complexity index is 303. The van der Waals surface area contributed by atoms with E-state index in [1.165, 1.54) is 0 Å². The molecular weight excluding hydrogens is 171 g/mol. The Morgan fingerprint density at radius 2 is 2.46 bits per heavy atom. The molecule has 13 heavy (non-hydrogen) atoms. The normalized spacial score (nSPS) is 33.0. The number of halogens is 1. The van der Waals surface area contributed by atoms with Gasteiger partial charge in [0.1, 0.15) is 5.67 Å². The van der Waals surface area contributed by atoms with E-state index in [2.05, 4.69) is 10.3 Å². The van der Waals surface area contributed by atoms with Gasteiger partial charge >= 0.3 is 0 Å². The Morgan fingerprint density at radius 3 is 2.92 bits per heavy atom. The molecule has 1 aromatic rings. The van der Waals surface area contributed by atoms with Crippen molar-refractivity contribution in [1.29, 1.82) is 0 Å². The van der Waals surface area contributed by atoms with Gasteiger partial charge in [-0.05, 0) is 12.8 Å². The summed E-state index contributed by atoms with van der Waals surface area (Å²) in [5, 5.41) is 7.59. The maximum atomic E-state index is 13.7. The number of aryl methyl sites for hydroxylation is 1. The van der Waals surface area contributed by atoms with Crippen molar-refractivity contribution in [2.45, 2.75) is 31.0 Å². The molecule has 2 rings (SSSR count). The van der Waals surface area contributed by atoms with Crippen molar-refractivity contribution in [3.8, 4) is 0 Å². The number of nitrogens with two attached hydrogens (primary N) is 1. The zero-order valence-electron chi connectivity index (χ0n) is 7.57. The van der Waals surface area contributed by atoms with E-state index in [4.69, 9.17) is 5.73 Å². The highest BCUT2D eigenvalue weighted by molar-refractivity contribution is 5.06. The van der Waals surface area contributed by atoms with Crippen LogP contribution < -0.4 is 5.73 Å². The SMILES string of the molecule is Cn1cc(CC2(F)CC(N)C2)nn1. The minimum absolute atomic E-state index is 0.0293. The van der Waals surface area contributed by atoms with Crippen molar-refractivity contribution in [2.24, 2.45) is 12.8 Å². The molecule has 0 radical (unpaired) electrons. The molecule has 2 N–H and O–H groups in total. The third-order valence-electron chi connectivity index (χ3n) is 2.40. The number of alkyl halides is 1. The molecule has 0 aromatic carbocycles. The molecule has 72 valence electrons. The first-order valence-electron chi connectivity index (χ1n) is 4.37. The highest BCUT2D eigenvalue weighted by Gasteiger charge is 2.43. The molecule has 1 fully saturated rings. The van der Waals surface area contributed by atoms with Crippen molar-refractivity contribution in [3.63, 3.8) is 0 Å². The highest BCUT2D eigenvalue weighted by Crippen LogP contribution is 2.37. The van der Waals surface area contributed by atoms with Crippen LogP contribution in [0.25, 0.3) is 0 Å². The summed E-state index contributed by atoms with van der Waals surface area (Å²) in [6.45, 7) is 0. The lowest BCUT2D eigenvalue weighted by Crippen LogP contribution is -2.49. The molecule has 0 spiro atoms. The van der Waals surface area contributed by atoms with E-state index in [-0.39, 0.29) is 6.04 Å². The van der Waals surface area contributed by atoms with Gasteiger partial charge in [0.05, 0.1) is 5.69 Å². The second kappa shape index (κ2) is 2.77. The van der Waals surface area contributed by atoms with Gasteiger partial charge in [-0.15, -0.1) is 5.10 Å². The summed E-state index contributed by atoms with van der Waals surface area (Å²) in [4.78, 5) is 0. The minimum Gasteiger partial charge on any atom is -0.327 e. The van der Waals surface area contributed by atoms with Gasteiger partial charge in [-0.25, -0.2) is 4.39 Å². The summed E-state index contributed by atoms with van der Waals surface area (Å²) in [7, 11) is 1.77. The lowest BCUT2D eigenvalue weighted by molar-refractivity contribution is 0.0434. The van der Waals surface area contributed by atoms with Gasteiger partial charge in [-0.2, -0.15) is 0 Å². The fraction of sp³-hybridized carbons (Fsp3) is 0.750. The Kier molecular flexibility index (Phi) is 1.83. The second-order valence-electron chi connectivity index (χ2n) is 3.88. The standard InChI is InChI=1S/C8H13FN4/c1-13-5-7(11-12-13)4-8(9)2-6(10)3-8/h5-6H,2-4,10H2,1H3. The van der Waals surface area contributed by atoms with E-state index in [9.17, 15) is 4.39 Å². The van der Waals surface area contributed by atoms with Gasteiger partial charge in [0, 0.05) is 25.7 Å². The van der Waals surface area contributed by atoms with Crippen LogP contribution in [0, 0.1) is 0 Å². The van der Waals surface area contributed by atoms with Gasteiger partial charge in [0.15, 0.2) is 0 Å². The van der Waals surface area contributed by atoms with Crippen molar-refractivity contribution >= 4 is 0 Å². The van der Waals surface area contributed by atoms with E-state index >= 15 is 0 Å². The minimum atomic E-state index is -1.13. The summed E-state index contributed by atoms with van der Waals surface area (Å²) in [5.41, 5.74) is 5.11. The maximum Gasteiger partial charge on any atom is 0.119 e. The van der Waals surface area contributed by atoms with E-state index < -0.39 is 5.67 Å². The van der Waals surface area contributed by atoms with E-state index in [0.717, 1.165) is 0 Å². The molecule has 1 aliphatic carbocycles.